The molecule has 1 aliphatic carbocycles. The number of nitrogens with one attached hydrogen (secondary N) is 2. The minimum absolute atomic E-state index is 0.0969. The first-order chi connectivity index (χ1) is 17.7. The van der Waals surface area contributed by atoms with E-state index in [9.17, 15) is 4.79 Å². The Morgan fingerprint density at radius 1 is 1.08 bits per heavy atom. The number of pyridine rings is 1. The average molecular weight is 488 g/mol. The summed E-state index contributed by atoms with van der Waals surface area (Å²) in [6.07, 6.45) is 6.68. The summed E-state index contributed by atoms with van der Waals surface area (Å²) in [7, 11) is 0. The molecule has 0 spiro atoms. The number of ether oxygens (including phenoxy) is 1. The molecule has 1 amide bonds. The van der Waals surface area contributed by atoms with Crippen LogP contribution in [0, 0.1) is 5.92 Å². The first-order valence-corrected chi connectivity index (χ1v) is 13.0. The molecule has 2 aliphatic heterocycles. The molecule has 2 N–H and O–H groups in total. The highest BCUT2D eigenvalue weighted by molar-refractivity contribution is 5.88. The Morgan fingerprint density at radius 2 is 1.89 bits per heavy atom. The molecule has 4 heterocycles. The predicted molar refractivity (Wildman–Crippen MR) is 140 cm³/mol. The number of benzene rings is 1. The Bertz CT molecular complexity index is 1200. The maximum atomic E-state index is 12.4. The van der Waals surface area contributed by atoms with Crippen LogP contribution in [0.25, 0.3) is 22.3 Å². The molecule has 0 radical (unpaired) electrons. The fourth-order valence-corrected chi connectivity index (χ4v) is 4.96. The van der Waals surface area contributed by atoms with Gasteiger partial charge in [0.15, 0.2) is 5.82 Å². The van der Waals surface area contributed by atoms with Gasteiger partial charge in [0.1, 0.15) is 5.52 Å². The van der Waals surface area contributed by atoms with E-state index in [-0.39, 0.29) is 6.10 Å². The second-order valence-corrected chi connectivity index (χ2v) is 9.92. The molecule has 36 heavy (non-hydrogen) atoms. The number of aromatic nitrogens is 3. The zero-order valence-electron chi connectivity index (χ0n) is 20.5. The Labute approximate surface area is 211 Å². The van der Waals surface area contributed by atoms with Crippen LogP contribution in [0.3, 0.4) is 0 Å². The van der Waals surface area contributed by atoms with Crippen molar-refractivity contribution in [1.82, 2.24) is 25.2 Å². The summed E-state index contributed by atoms with van der Waals surface area (Å²) in [6.45, 7) is 6.42. The number of fused-ring (bicyclic) bond motifs is 1. The van der Waals surface area contributed by atoms with Gasteiger partial charge in [0.25, 0.3) is 0 Å². The molecule has 1 unspecified atom stereocenters. The minimum Gasteiger partial charge on any atom is -0.374 e. The van der Waals surface area contributed by atoms with Gasteiger partial charge in [-0.3, -0.25) is 9.78 Å². The summed E-state index contributed by atoms with van der Waals surface area (Å²) in [5.74, 6) is 1.70. The molecule has 1 saturated carbocycles. The molecule has 1 atom stereocenters. The van der Waals surface area contributed by atoms with Gasteiger partial charge in [0, 0.05) is 75.9 Å². The predicted octanol–water partition coefficient (Wildman–Crippen LogP) is 2.54. The van der Waals surface area contributed by atoms with Gasteiger partial charge in [-0.25, -0.2) is 9.97 Å². The van der Waals surface area contributed by atoms with Crippen LogP contribution in [-0.4, -0.2) is 84.3 Å². The second-order valence-electron chi connectivity index (χ2n) is 9.92. The lowest BCUT2D eigenvalue weighted by atomic mass is 10.1. The lowest BCUT2D eigenvalue weighted by Gasteiger charge is -2.36. The Kier molecular flexibility index (Phi) is 6.65. The van der Waals surface area contributed by atoms with Crippen molar-refractivity contribution < 1.29 is 9.53 Å². The zero-order chi connectivity index (χ0) is 24.3. The van der Waals surface area contributed by atoms with Crippen molar-refractivity contribution in [3.8, 4) is 11.3 Å². The molecule has 2 aromatic heterocycles. The van der Waals surface area contributed by atoms with Gasteiger partial charge in [0.2, 0.25) is 5.91 Å². The number of anilines is 2. The molecule has 3 fully saturated rings. The smallest absolute Gasteiger partial charge is 0.222 e. The highest BCUT2D eigenvalue weighted by Crippen LogP contribution is 2.33. The van der Waals surface area contributed by atoms with Gasteiger partial charge in [-0.2, -0.15) is 0 Å². The molecule has 2 saturated heterocycles. The highest BCUT2D eigenvalue weighted by Gasteiger charge is 2.28. The van der Waals surface area contributed by atoms with Gasteiger partial charge < -0.3 is 25.2 Å². The van der Waals surface area contributed by atoms with Crippen LogP contribution < -0.4 is 15.5 Å². The molecule has 188 valence electrons. The second kappa shape index (κ2) is 10.4. The van der Waals surface area contributed by atoms with Gasteiger partial charge in [-0.15, -0.1) is 0 Å². The van der Waals surface area contributed by atoms with Crippen LogP contribution in [-0.2, 0) is 9.53 Å². The fourth-order valence-electron chi connectivity index (χ4n) is 4.96. The topological polar surface area (TPSA) is 95.5 Å². The van der Waals surface area contributed by atoms with E-state index in [1.165, 1.54) is 18.5 Å². The van der Waals surface area contributed by atoms with E-state index < -0.39 is 0 Å². The first-order valence-electron chi connectivity index (χ1n) is 13.0. The number of carbonyl (C=O) groups excluding carboxylic acids is 1. The van der Waals surface area contributed by atoms with Crippen LogP contribution in [0.15, 0.2) is 42.7 Å². The van der Waals surface area contributed by atoms with Gasteiger partial charge in [-0.1, -0.05) is 12.1 Å². The first kappa shape index (κ1) is 23.1. The number of piperazine rings is 1. The van der Waals surface area contributed by atoms with Crippen molar-refractivity contribution in [1.29, 1.82) is 0 Å². The van der Waals surface area contributed by atoms with Crippen LogP contribution in [0.5, 0.6) is 0 Å². The Morgan fingerprint density at radius 3 is 2.64 bits per heavy atom. The molecule has 6 rings (SSSR count). The van der Waals surface area contributed by atoms with Gasteiger partial charge >= 0.3 is 0 Å². The Hall–Kier alpha value is -3.30. The lowest BCUT2D eigenvalue weighted by Crippen LogP contribution is -2.48. The summed E-state index contributed by atoms with van der Waals surface area (Å²) in [4.78, 5) is 30.8. The van der Waals surface area contributed by atoms with Crippen molar-refractivity contribution >= 4 is 28.4 Å². The summed E-state index contributed by atoms with van der Waals surface area (Å²) < 4.78 is 5.82. The molecule has 3 aromatic rings. The number of amides is 1. The van der Waals surface area contributed by atoms with Crippen molar-refractivity contribution in [3.05, 3.63) is 42.7 Å². The SMILES string of the molecule is O=C(CC1CC1)N1CCN(c2ccc(-c3cc4nccnc4c(NCC4CNCCO4)n3)cc2)CC1. The van der Waals surface area contributed by atoms with E-state index in [0.717, 1.165) is 80.4 Å². The maximum absolute atomic E-state index is 12.4. The van der Waals surface area contributed by atoms with Crippen LogP contribution in [0.2, 0.25) is 0 Å². The summed E-state index contributed by atoms with van der Waals surface area (Å²) in [5, 5.41) is 6.80. The third-order valence-electron chi connectivity index (χ3n) is 7.28. The summed E-state index contributed by atoms with van der Waals surface area (Å²) in [5.41, 5.74) is 4.63. The van der Waals surface area contributed by atoms with Crippen LogP contribution in [0.4, 0.5) is 11.5 Å². The van der Waals surface area contributed by atoms with Crippen molar-refractivity contribution in [2.24, 2.45) is 5.92 Å². The fraction of sp³-hybridized carbons (Fsp3) is 0.481. The van der Waals surface area contributed by atoms with E-state index in [0.29, 0.717) is 18.4 Å². The number of rotatable bonds is 7. The highest BCUT2D eigenvalue weighted by atomic mass is 16.5. The maximum Gasteiger partial charge on any atom is 0.222 e. The van der Waals surface area contributed by atoms with E-state index in [4.69, 9.17) is 9.72 Å². The van der Waals surface area contributed by atoms with E-state index >= 15 is 0 Å². The lowest BCUT2D eigenvalue weighted by molar-refractivity contribution is -0.131. The summed E-state index contributed by atoms with van der Waals surface area (Å²) in [6, 6.07) is 10.5. The third-order valence-corrected chi connectivity index (χ3v) is 7.28. The van der Waals surface area contributed by atoms with Gasteiger partial charge in [0.05, 0.1) is 23.9 Å². The third kappa shape index (κ3) is 5.27. The molecule has 0 bridgehead atoms. The summed E-state index contributed by atoms with van der Waals surface area (Å²) >= 11 is 0. The molecule has 9 nitrogen and oxygen atoms in total. The minimum atomic E-state index is 0.0969. The molecular formula is C27H33N7O2. The molecular weight excluding hydrogens is 454 g/mol. The monoisotopic (exact) mass is 487 g/mol. The number of carbonyl (C=O) groups is 1. The van der Waals surface area contributed by atoms with Crippen molar-refractivity contribution in [2.45, 2.75) is 25.4 Å². The zero-order valence-corrected chi connectivity index (χ0v) is 20.5. The molecule has 9 heteroatoms. The van der Waals surface area contributed by atoms with Crippen LogP contribution >= 0.6 is 0 Å². The van der Waals surface area contributed by atoms with E-state index in [2.05, 4.69) is 49.8 Å². The standard InChI is InChI=1S/C27H33N7O2/c35-25(15-19-1-2-19)34-12-10-33(11-13-34)21-5-3-20(4-6-21)23-16-24-26(30-8-7-29-24)27(32-23)31-18-22-17-28-9-14-36-22/h3-8,16,19,22,28H,1-2,9-15,17-18H2,(H,31,32). The average Bonchev–Trinajstić information content (AvgIpc) is 3.76. The number of hydrogen-bond acceptors (Lipinski definition) is 8. The number of nitrogens with zero attached hydrogens (tertiary/aromatic N) is 5. The molecule has 1 aromatic carbocycles. The number of morpholine rings is 1. The van der Waals surface area contributed by atoms with Crippen LogP contribution in [0.1, 0.15) is 19.3 Å². The van der Waals surface area contributed by atoms with Crippen molar-refractivity contribution in [3.63, 3.8) is 0 Å². The van der Waals surface area contributed by atoms with E-state index in [1.807, 2.05) is 11.0 Å². The molecule has 3 aliphatic rings. The Balaban J connectivity index is 1.15. The van der Waals surface area contributed by atoms with Gasteiger partial charge in [-0.05, 0) is 37.0 Å². The van der Waals surface area contributed by atoms with Crippen molar-refractivity contribution in [2.75, 3.05) is 62.6 Å². The quantitative estimate of drug-likeness (QED) is 0.525. The number of hydrogen-bond donors (Lipinski definition) is 2. The normalized spacial score (nSPS) is 20.5. The largest absolute Gasteiger partial charge is 0.374 e. The van der Waals surface area contributed by atoms with E-state index in [1.54, 1.807) is 12.4 Å².